The molecule has 0 amide bonds. The Morgan fingerprint density at radius 1 is 1.05 bits per heavy atom. The zero-order chi connectivity index (χ0) is 27.0. The Kier molecular flexibility index (Phi) is 7.63. The molecular weight excluding hydrogens is 469 g/mol. The summed E-state index contributed by atoms with van der Waals surface area (Å²) in [6, 6.07) is 12.1. The summed E-state index contributed by atoms with van der Waals surface area (Å²) in [4.78, 5) is 12.2. The van der Waals surface area contributed by atoms with Gasteiger partial charge >= 0.3 is 13.1 Å². The number of hydrogen-bond acceptors (Lipinski definition) is 6. The number of hydrogen-bond donors (Lipinski definition) is 0. The lowest BCUT2D eigenvalue weighted by Gasteiger charge is -2.32. The minimum Gasteiger partial charge on any atom is -0.497 e. The molecule has 198 valence electrons. The molecule has 0 aliphatic carbocycles. The molecule has 2 heterocycles. The fourth-order valence-electron chi connectivity index (χ4n) is 4.52. The third kappa shape index (κ3) is 5.50. The number of carbonyl (C=O) groups excluding carboxylic acids is 1. The van der Waals surface area contributed by atoms with Gasteiger partial charge in [-0.3, -0.25) is 4.79 Å². The van der Waals surface area contributed by atoms with Crippen molar-refractivity contribution >= 4 is 29.5 Å². The molecule has 0 saturated carbocycles. The number of benzene rings is 2. The smallest absolute Gasteiger partial charge is 0.495 e. The summed E-state index contributed by atoms with van der Waals surface area (Å²) in [7, 11) is 1.11. The number of methoxy groups -OCH3 is 1. The standard InChI is InChI=1S/C29H38BNO6/c1-9-34-27(32)16-21-10-11-22(33-8)17-26(21)35-18-20-14-24(30-36-28(4,5)29(6,7)37-30)23-12-13-31(19(2)3)25(23)15-20/h10-15,17,19H,9,16,18H2,1-8H3. The fraction of sp³-hybridized carbons (Fsp3) is 0.483. The fourth-order valence-corrected chi connectivity index (χ4v) is 4.52. The number of ether oxygens (including phenoxy) is 3. The average Bonchev–Trinajstić information content (AvgIpc) is 3.35. The van der Waals surface area contributed by atoms with Gasteiger partial charge in [-0.2, -0.15) is 0 Å². The molecule has 1 fully saturated rings. The summed E-state index contributed by atoms with van der Waals surface area (Å²) in [6.07, 6.45) is 2.23. The second-order valence-corrected chi connectivity index (χ2v) is 10.8. The van der Waals surface area contributed by atoms with E-state index in [4.69, 9.17) is 23.5 Å². The van der Waals surface area contributed by atoms with Crippen LogP contribution in [0.4, 0.5) is 0 Å². The van der Waals surface area contributed by atoms with Gasteiger partial charge in [0.15, 0.2) is 0 Å². The van der Waals surface area contributed by atoms with Crippen molar-refractivity contribution in [1.82, 2.24) is 4.57 Å². The molecule has 1 aliphatic heterocycles. The van der Waals surface area contributed by atoms with Crippen LogP contribution in [0.2, 0.25) is 0 Å². The molecule has 37 heavy (non-hydrogen) atoms. The number of fused-ring (bicyclic) bond motifs is 1. The molecule has 0 N–H and O–H groups in total. The minimum absolute atomic E-state index is 0.127. The highest BCUT2D eigenvalue weighted by atomic mass is 16.7. The highest BCUT2D eigenvalue weighted by molar-refractivity contribution is 6.65. The zero-order valence-electron chi connectivity index (χ0n) is 23.2. The van der Waals surface area contributed by atoms with Gasteiger partial charge in [0.25, 0.3) is 0 Å². The Balaban J connectivity index is 1.70. The summed E-state index contributed by atoms with van der Waals surface area (Å²) in [5, 5.41) is 1.10. The third-order valence-electron chi connectivity index (χ3n) is 7.30. The Morgan fingerprint density at radius 2 is 1.76 bits per heavy atom. The first-order valence-electron chi connectivity index (χ1n) is 12.9. The monoisotopic (exact) mass is 507 g/mol. The highest BCUT2D eigenvalue weighted by Crippen LogP contribution is 2.37. The van der Waals surface area contributed by atoms with Gasteiger partial charge in [0, 0.05) is 29.4 Å². The summed E-state index contributed by atoms with van der Waals surface area (Å²) in [6.45, 7) is 15.0. The van der Waals surface area contributed by atoms with Crippen LogP contribution >= 0.6 is 0 Å². The van der Waals surface area contributed by atoms with E-state index in [1.165, 1.54) is 0 Å². The van der Waals surface area contributed by atoms with Crippen molar-refractivity contribution in [3.05, 3.63) is 53.7 Å². The molecule has 0 radical (unpaired) electrons. The number of nitrogens with zero attached hydrogens (tertiary/aromatic N) is 1. The van der Waals surface area contributed by atoms with E-state index >= 15 is 0 Å². The van der Waals surface area contributed by atoms with Crippen molar-refractivity contribution in [2.75, 3.05) is 13.7 Å². The molecule has 1 aliphatic rings. The summed E-state index contributed by atoms with van der Waals surface area (Å²) in [5.74, 6) is 0.949. The van der Waals surface area contributed by atoms with Gasteiger partial charge in [0.05, 0.1) is 31.3 Å². The summed E-state index contributed by atoms with van der Waals surface area (Å²) in [5.41, 5.74) is 2.91. The van der Waals surface area contributed by atoms with Crippen LogP contribution in [-0.2, 0) is 31.9 Å². The topological polar surface area (TPSA) is 68.2 Å². The first kappa shape index (κ1) is 27.1. The van der Waals surface area contributed by atoms with Crippen LogP contribution in [0, 0.1) is 0 Å². The van der Waals surface area contributed by atoms with E-state index in [1.54, 1.807) is 20.1 Å². The van der Waals surface area contributed by atoms with Gasteiger partial charge in [-0.1, -0.05) is 12.1 Å². The summed E-state index contributed by atoms with van der Waals surface area (Å²) < 4.78 is 31.9. The molecule has 0 unspecified atom stereocenters. The van der Waals surface area contributed by atoms with Crippen molar-refractivity contribution in [3.8, 4) is 11.5 Å². The lowest BCUT2D eigenvalue weighted by atomic mass is 9.76. The van der Waals surface area contributed by atoms with Crippen LogP contribution in [-0.4, -0.2) is 42.6 Å². The Morgan fingerprint density at radius 3 is 2.38 bits per heavy atom. The third-order valence-corrected chi connectivity index (χ3v) is 7.30. The molecule has 2 aromatic carbocycles. The van der Waals surface area contributed by atoms with Gasteiger partial charge in [-0.05, 0) is 83.1 Å². The lowest BCUT2D eigenvalue weighted by Crippen LogP contribution is -2.41. The van der Waals surface area contributed by atoms with Gasteiger partial charge in [0.2, 0.25) is 0 Å². The maximum Gasteiger partial charge on any atom is 0.495 e. The Bertz CT molecular complexity index is 1260. The molecule has 7 nitrogen and oxygen atoms in total. The van der Waals surface area contributed by atoms with Crippen LogP contribution in [0.3, 0.4) is 0 Å². The summed E-state index contributed by atoms with van der Waals surface area (Å²) >= 11 is 0. The molecule has 0 bridgehead atoms. The van der Waals surface area contributed by atoms with Crippen molar-refractivity contribution in [2.45, 2.75) is 78.7 Å². The van der Waals surface area contributed by atoms with E-state index in [-0.39, 0.29) is 18.4 Å². The van der Waals surface area contributed by atoms with Crippen LogP contribution in [0.15, 0.2) is 42.6 Å². The number of aromatic nitrogens is 1. The SMILES string of the molecule is CCOC(=O)Cc1ccc(OC)cc1OCc1cc(B2OC(C)(C)C(C)(C)O2)c2ccn(C(C)C)c2c1. The Labute approximate surface area is 220 Å². The Hall–Kier alpha value is -2.97. The van der Waals surface area contributed by atoms with Crippen molar-refractivity contribution in [1.29, 1.82) is 0 Å². The molecular formula is C29H38BNO6. The molecule has 8 heteroatoms. The highest BCUT2D eigenvalue weighted by Gasteiger charge is 2.52. The van der Waals surface area contributed by atoms with Gasteiger partial charge < -0.3 is 28.1 Å². The van der Waals surface area contributed by atoms with Gasteiger partial charge in [0.1, 0.15) is 18.1 Å². The van der Waals surface area contributed by atoms with Crippen LogP contribution in [0.5, 0.6) is 11.5 Å². The van der Waals surface area contributed by atoms with E-state index in [2.05, 4.69) is 70.5 Å². The molecule has 1 saturated heterocycles. The van der Waals surface area contributed by atoms with Gasteiger partial charge in [-0.25, -0.2) is 0 Å². The first-order chi connectivity index (χ1) is 17.5. The van der Waals surface area contributed by atoms with E-state index in [0.29, 0.717) is 24.7 Å². The van der Waals surface area contributed by atoms with E-state index in [9.17, 15) is 4.79 Å². The number of carbonyl (C=O) groups is 1. The van der Waals surface area contributed by atoms with Crippen LogP contribution < -0.4 is 14.9 Å². The molecule has 1 aromatic heterocycles. The largest absolute Gasteiger partial charge is 0.497 e. The van der Waals surface area contributed by atoms with E-state index < -0.39 is 18.3 Å². The maximum absolute atomic E-state index is 12.2. The number of rotatable bonds is 9. The second kappa shape index (κ2) is 10.4. The van der Waals surface area contributed by atoms with Crippen LogP contribution in [0.1, 0.15) is 65.6 Å². The van der Waals surface area contributed by atoms with Crippen molar-refractivity contribution < 1.29 is 28.3 Å². The normalized spacial score (nSPS) is 16.4. The maximum atomic E-state index is 12.2. The number of esters is 1. The van der Waals surface area contributed by atoms with Gasteiger partial charge in [-0.15, -0.1) is 0 Å². The predicted molar refractivity (Wildman–Crippen MR) is 146 cm³/mol. The zero-order valence-corrected chi connectivity index (χ0v) is 23.2. The van der Waals surface area contributed by atoms with E-state index in [1.807, 2.05) is 12.1 Å². The quantitative estimate of drug-likeness (QED) is 0.293. The van der Waals surface area contributed by atoms with Crippen molar-refractivity contribution in [3.63, 3.8) is 0 Å². The molecule has 4 rings (SSSR count). The minimum atomic E-state index is -0.494. The lowest BCUT2D eigenvalue weighted by molar-refractivity contribution is -0.142. The van der Waals surface area contributed by atoms with E-state index in [0.717, 1.165) is 27.5 Å². The average molecular weight is 507 g/mol. The molecule has 0 spiro atoms. The molecule has 0 atom stereocenters. The van der Waals surface area contributed by atoms with Crippen molar-refractivity contribution in [2.24, 2.45) is 0 Å². The predicted octanol–water partition coefficient (Wildman–Crippen LogP) is 5.21. The molecule has 3 aromatic rings. The van der Waals surface area contributed by atoms with Crippen LogP contribution in [0.25, 0.3) is 10.9 Å². The second-order valence-electron chi connectivity index (χ2n) is 10.8. The first-order valence-corrected chi connectivity index (χ1v) is 12.9.